The average molecular weight is 290 g/mol. The number of hydrogen-bond donors (Lipinski definition) is 2. The number of benzene rings is 2. The van der Waals surface area contributed by atoms with Crippen LogP contribution in [0.1, 0.15) is 22.7 Å². The number of carboxylic acids is 1. The van der Waals surface area contributed by atoms with E-state index >= 15 is 0 Å². The molecular formula is C16H16ClNO2. The van der Waals surface area contributed by atoms with Gasteiger partial charge < -0.3 is 10.4 Å². The number of nitrogens with one attached hydrogen (secondary N) is 1. The third-order valence-electron chi connectivity index (χ3n) is 3.28. The molecule has 1 unspecified atom stereocenters. The molecule has 0 spiro atoms. The zero-order valence-electron chi connectivity index (χ0n) is 11.4. The van der Waals surface area contributed by atoms with Gasteiger partial charge in [0.2, 0.25) is 0 Å². The zero-order valence-corrected chi connectivity index (χ0v) is 12.1. The van der Waals surface area contributed by atoms with Crippen LogP contribution in [0.3, 0.4) is 0 Å². The third-order valence-corrected chi connectivity index (χ3v) is 3.61. The second kappa shape index (κ2) is 5.97. The standard InChI is InChI=1S/C16H16ClNO2/c1-10-7-8-12(9-11(10)2)15(16(19)20)18-14-6-4-3-5-13(14)17/h3-9,15,18H,1-2H3,(H,19,20). The predicted octanol–water partition coefficient (Wildman–Crippen LogP) is 4.19. The fourth-order valence-corrected chi connectivity index (χ4v) is 2.16. The first-order valence-electron chi connectivity index (χ1n) is 6.30. The first-order valence-corrected chi connectivity index (χ1v) is 6.68. The highest BCUT2D eigenvalue weighted by molar-refractivity contribution is 6.33. The number of aryl methyl sites for hydroxylation is 2. The zero-order chi connectivity index (χ0) is 14.7. The molecule has 1 atom stereocenters. The van der Waals surface area contributed by atoms with Crippen molar-refractivity contribution in [1.82, 2.24) is 0 Å². The van der Waals surface area contributed by atoms with Crippen LogP contribution in [0.25, 0.3) is 0 Å². The summed E-state index contributed by atoms with van der Waals surface area (Å²) in [6.45, 7) is 3.96. The normalized spacial score (nSPS) is 11.9. The van der Waals surface area contributed by atoms with Gasteiger partial charge in [0.25, 0.3) is 0 Å². The topological polar surface area (TPSA) is 49.3 Å². The molecule has 2 rings (SSSR count). The molecule has 0 radical (unpaired) electrons. The summed E-state index contributed by atoms with van der Waals surface area (Å²) in [4.78, 5) is 11.5. The molecule has 0 saturated carbocycles. The summed E-state index contributed by atoms with van der Waals surface area (Å²) < 4.78 is 0. The van der Waals surface area contributed by atoms with Crippen molar-refractivity contribution < 1.29 is 9.90 Å². The summed E-state index contributed by atoms with van der Waals surface area (Å²) in [7, 11) is 0. The maximum atomic E-state index is 11.5. The van der Waals surface area contributed by atoms with Gasteiger partial charge in [-0.2, -0.15) is 0 Å². The molecule has 0 aliphatic heterocycles. The molecule has 0 heterocycles. The molecule has 0 aliphatic rings. The van der Waals surface area contributed by atoms with Crippen molar-refractivity contribution in [2.75, 3.05) is 5.32 Å². The number of anilines is 1. The number of carboxylic acid groups (broad SMARTS) is 1. The lowest BCUT2D eigenvalue weighted by Crippen LogP contribution is -2.20. The Kier molecular flexibility index (Phi) is 4.30. The van der Waals surface area contributed by atoms with Crippen molar-refractivity contribution >= 4 is 23.3 Å². The Morgan fingerprint density at radius 2 is 1.85 bits per heavy atom. The van der Waals surface area contributed by atoms with Gasteiger partial charge >= 0.3 is 5.97 Å². The van der Waals surface area contributed by atoms with Gasteiger partial charge in [0.05, 0.1) is 10.7 Å². The SMILES string of the molecule is Cc1ccc(C(Nc2ccccc2Cl)C(=O)O)cc1C. The highest BCUT2D eigenvalue weighted by atomic mass is 35.5. The number of hydrogen-bond acceptors (Lipinski definition) is 2. The summed E-state index contributed by atoms with van der Waals surface area (Å²) in [5.74, 6) is -0.937. The number of para-hydroxylation sites is 1. The molecule has 0 bridgehead atoms. The summed E-state index contributed by atoms with van der Waals surface area (Å²) in [5.41, 5.74) is 3.52. The van der Waals surface area contributed by atoms with Gasteiger partial charge in [0.1, 0.15) is 0 Å². The van der Waals surface area contributed by atoms with Gasteiger partial charge in [0, 0.05) is 0 Å². The third kappa shape index (κ3) is 3.11. The van der Waals surface area contributed by atoms with Crippen molar-refractivity contribution in [2.45, 2.75) is 19.9 Å². The molecule has 0 aliphatic carbocycles. The Labute approximate surface area is 123 Å². The summed E-state index contributed by atoms with van der Waals surface area (Å²) in [5, 5.41) is 12.9. The van der Waals surface area contributed by atoms with E-state index in [4.69, 9.17) is 11.6 Å². The Bertz CT molecular complexity index is 640. The molecule has 3 nitrogen and oxygen atoms in total. The molecule has 2 N–H and O–H groups in total. The van der Waals surface area contributed by atoms with Crippen LogP contribution in [0.4, 0.5) is 5.69 Å². The van der Waals surface area contributed by atoms with E-state index < -0.39 is 12.0 Å². The largest absolute Gasteiger partial charge is 0.479 e. The van der Waals surface area contributed by atoms with Crippen LogP contribution in [0, 0.1) is 13.8 Å². The van der Waals surface area contributed by atoms with Gasteiger partial charge in [-0.05, 0) is 42.7 Å². The lowest BCUT2D eigenvalue weighted by molar-refractivity contribution is -0.138. The lowest BCUT2D eigenvalue weighted by Gasteiger charge is -2.18. The summed E-state index contributed by atoms with van der Waals surface area (Å²) in [6, 6.07) is 11.9. The predicted molar refractivity (Wildman–Crippen MR) is 81.4 cm³/mol. The number of rotatable bonds is 4. The first kappa shape index (κ1) is 14.4. The van der Waals surface area contributed by atoms with Crippen LogP contribution in [0.2, 0.25) is 5.02 Å². The van der Waals surface area contributed by atoms with Gasteiger partial charge in [-0.3, -0.25) is 0 Å². The minimum Gasteiger partial charge on any atom is -0.479 e. The summed E-state index contributed by atoms with van der Waals surface area (Å²) >= 11 is 6.06. The van der Waals surface area contributed by atoms with Crippen LogP contribution < -0.4 is 5.32 Å². The number of carbonyl (C=O) groups is 1. The molecule has 2 aromatic carbocycles. The number of halogens is 1. The van der Waals surface area contributed by atoms with Crippen LogP contribution in [-0.2, 0) is 4.79 Å². The van der Waals surface area contributed by atoms with E-state index in [-0.39, 0.29) is 0 Å². The van der Waals surface area contributed by atoms with Crippen LogP contribution in [0.15, 0.2) is 42.5 Å². The van der Waals surface area contributed by atoms with Crippen molar-refractivity contribution in [3.63, 3.8) is 0 Å². The highest BCUT2D eigenvalue weighted by Gasteiger charge is 2.20. The maximum absolute atomic E-state index is 11.5. The second-order valence-electron chi connectivity index (χ2n) is 4.74. The van der Waals surface area contributed by atoms with Gasteiger partial charge in [-0.15, -0.1) is 0 Å². The van der Waals surface area contributed by atoms with Crippen molar-refractivity contribution in [1.29, 1.82) is 0 Å². The lowest BCUT2D eigenvalue weighted by atomic mass is 10.0. The molecule has 2 aromatic rings. The Morgan fingerprint density at radius 1 is 1.15 bits per heavy atom. The Balaban J connectivity index is 2.34. The van der Waals surface area contributed by atoms with Crippen molar-refractivity contribution in [2.24, 2.45) is 0 Å². The molecule has 0 fully saturated rings. The molecule has 0 aromatic heterocycles. The maximum Gasteiger partial charge on any atom is 0.330 e. The monoisotopic (exact) mass is 289 g/mol. The quantitative estimate of drug-likeness (QED) is 0.887. The van der Waals surface area contributed by atoms with Crippen molar-refractivity contribution in [3.8, 4) is 0 Å². The van der Waals surface area contributed by atoms with E-state index in [0.29, 0.717) is 16.3 Å². The molecule has 20 heavy (non-hydrogen) atoms. The van der Waals surface area contributed by atoms with Gasteiger partial charge in [-0.1, -0.05) is 41.9 Å². The Hall–Kier alpha value is -2.00. The molecule has 4 heteroatoms. The van der Waals surface area contributed by atoms with E-state index in [1.807, 2.05) is 38.1 Å². The smallest absolute Gasteiger partial charge is 0.330 e. The van der Waals surface area contributed by atoms with Crippen LogP contribution >= 0.6 is 11.6 Å². The fourth-order valence-electron chi connectivity index (χ4n) is 1.97. The average Bonchev–Trinajstić information content (AvgIpc) is 2.41. The minimum absolute atomic E-state index is 0.502. The van der Waals surface area contributed by atoms with E-state index in [0.717, 1.165) is 11.1 Å². The molecule has 0 saturated heterocycles. The Morgan fingerprint density at radius 3 is 2.45 bits per heavy atom. The first-order chi connectivity index (χ1) is 9.49. The fraction of sp³-hybridized carbons (Fsp3) is 0.188. The minimum atomic E-state index is -0.937. The van der Waals surface area contributed by atoms with E-state index in [1.54, 1.807) is 18.2 Å². The van der Waals surface area contributed by atoms with Crippen LogP contribution in [-0.4, -0.2) is 11.1 Å². The van der Waals surface area contributed by atoms with Crippen molar-refractivity contribution in [3.05, 3.63) is 64.2 Å². The molecule has 0 amide bonds. The molecular weight excluding hydrogens is 274 g/mol. The van der Waals surface area contributed by atoms with Gasteiger partial charge in [0.15, 0.2) is 6.04 Å². The highest BCUT2D eigenvalue weighted by Crippen LogP contribution is 2.27. The van der Waals surface area contributed by atoms with Crippen LogP contribution in [0.5, 0.6) is 0 Å². The van der Waals surface area contributed by atoms with E-state index in [2.05, 4.69) is 5.32 Å². The van der Waals surface area contributed by atoms with E-state index in [1.165, 1.54) is 0 Å². The van der Waals surface area contributed by atoms with Gasteiger partial charge in [-0.25, -0.2) is 4.79 Å². The van der Waals surface area contributed by atoms with E-state index in [9.17, 15) is 9.90 Å². The summed E-state index contributed by atoms with van der Waals surface area (Å²) in [6.07, 6.45) is 0. The second-order valence-corrected chi connectivity index (χ2v) is 5.15. The number of aliphatic carboxylic acids is 1. The molecule has 104 valence electrons.